The predicted molar refractivity (Wildman–Crippen MR) is 82.6 cm³/mol. The molecular weight excluding hydrogens is 345 g/mol. The first-order valence-corrected chi connectivity index (χ1v) is 8.10. The Morgan fingerprint density at radius 3 is 2.82 bits per heavy atom. The summed E-state index contributed by atoms with van der Waals surface area (Å²) in [5, 5.41) is 10.3. The van der Waals surface area contributed by atoms with Crippen LogP contribution in [-0.4, -0.2) is 47.3 Å². The molecule has 0 bridgehead atoms. The normalized spacial score (nSPS) is 23.6. The number of rotatable bonds is 3. The Labute approximate surface area is 121 Å². The molecule has 4 heteroatoms. The molecule has 0 spiro atoms. The van der Waals surface area contributed by atoms with Gasteiger partial charge in [-0.15, -0.1) is 0 Å². The minimum Gasteiger partial charge on any atom is -0.391 e. The largest absolute Gasteiger partial charge is 0.391 e. The quantitative estimate of drug-likeness (QED) is 0.834. The van der Waals surface area contributed by atoms with Crippen molar-refractivity contribution in [2.24, 2.45) is 0 Å². The van der Waals surface area contributed by atoms with Crippen molar-refractivity contribution in [2.45, 2.75) is 18.6 Å². The maximum absolute atomic E-state index is 10.3. The lowest BCUT2D eigenvalue weighted by molar-refractivity contribution is 0.0763. The third kappa shape index (κ3) is 3.84. The molecular formula is C13H18INOS. The van der Waals surface area contributed by atoms with E-state index in [1.54, 1.807) is 0 Å². The van der Waals surface area contributed by atoms with Crippen molar-refractivity contribution in [1.29, 1.82) is 0 Å². The van der Waals surface area contributed by atoms with Gasteiger partial charge in [0.05, 0.1) is 6.10 Å². The van der Waals surface area contributed by atoms with E-state index in [9.17, 15) is 5.11 Å². The summed E-state index contributed by atoms with van der Waals surface area (Å²) in [5.74, 6) is 2.23. The van der Waals surface area contributed by atoms with Gasteiger partial charge in [0.2, 0.25) is 0 Å². The summed E-state index contributed by atoms with van der Waals surface area (Å²) in [6.07, 6.45) is 0.500. The van der Waals surface area contributed by atoms with E-state index < -0.39 is 0 Å². The van der Waals surface area contributed by atoms with Gasteiger partial charge in [-0.2, -0.15) is 11.8 Å². The van der Waals surface area contributed by atoms with Gasteiger partial charge in [0, 0.05) is 27.7 Å². The van der Waals surface area contributed by atoms with E-state index in [4.69, 9.17) is 0 Å². The molecule has 94 valence electrons. The van der Waals surface area contributed by atoms with Gasteiger partial charge < -0.3 is 5.11 Å². The highest BCUT2D eigenvalue weighted by atomic mass is 127. The number of likely N-dealkylation sites (N-methyl/N-ethyl adjacent to an activating group) is 1. The molecule has 1 aliphatic heterocycles. The second-order valence-corrected chi connectivity index (χ2v) is 6.92. The van der Waals surface area contributed by atoms with Crippen LogP contribution in [0, 0.1) is 3.57 Å². The van der Waals surface area contributed by atoms with Crippen LogP contribution in [0.5, 0.6) is 0 Å². The van der Waals surface area contributed by atoms with E-state index in [-0.39, 0.29) is 6.10 Å². The molecule has 0 radical (unpaired) electrons. The molecule has 0 aromatic heterocycles. The Hall–Kier alpha value is 0.220. The zero-order valence-electron chi connectivity index (χ0n) is 9.97. The highest BCUT2D eigenvalue weighted by Gasteiger charge is 2.26. The Morgan fingerprint density at radius 1 is 1.47 bits per heavy atom. The van der Waals surface area contributed by atoms with Crippen LogP contribution in [0.25, 0.3) is 0 Å². The molecule has 17 heavy (non-hydrogen) atoms. The van der Waals surface area contributed by atoms with Crippen molar-refractivity contribution in [1.82, 2.24) is 4.90 Å². The van der Waals surface area contributed by atoms with E-state index in [1.165, 1.54) is 14.9 Å². The molecule has 0 saturated carbocycles. The van der Waals surface area contributed by atoms with Crippen LogP contribution in [0.15, 0.2) is 24.3 Å². The first kappa shape index (κ1) is 13.6. The summed E-state index contributed by atoms with van der Waals surface area (Å²) in [7, 11) is 2.11. The Bertz CT molecular complexity index is 357. The monoisotopic (exact) mass is 363 g/mol. The highest BCUT2D eigenvalue weighted by Crippen LogP contribution is 2.20. The van der Waals surface area contributed by atoms with Gasteiger partial charge in [-0.25, -0.2) is 0 Å². The molecule has 1 saturated heterocycles. The fourth-order valence-electron chi connectivity index (χ4n) is 2.11. The number of hydrogen-bond donors (Lipinski definition) is 1. The predicted octanol–water partition coefficient (Wildman–Crippen LogP) is 2.24. The number of halogens is 1. The van der Waals surface area contributed by atoms with Gasteiger partial charge in [0.15, 0.2) is 0 Å². The number of thioether (sulfide) groups is 1. The van der Waals surface area contributed by atoms with Crippen molar-refractivity contribution in [2.75, 3.05) is 25.1 Å². The fourth-order valence-corrected chi connectivity index (χ4v) is 3.77. The number of hydrogen-bond acceptors (Lipinski definition) is 3. The van der Waals surface area contributed by atoms with Crippen LogP contribution >= 0.6 is 34.4 Å². The second kappa shape index (κ2) is 6.41. The van der Waals surface area contributed by atoms with Crippen LogP contribution in [0.4, 0.5) is 0 Å². The second-order valence-electron chi connectivity index (χ2n) is 4.52. The average molecular weight is 363 g/mol. The van der Waals surface area contributed by atoms with E-state index in [0.29, 0.717) is 6.04 Å². The van der Waals surface area contributed by atoms with Crippen LogP contribution in [0.1, 0.15) is 5.56 Å². The first-order chi connectivity index (χ1) is 8.16. The van der Waals surface area contributed by atoms with Gasteiger partial charge >= 0.3 is 0 Å². The van der Waals surface area contributed by atoms with Crippen LogP contribution in [0.3, 0.4) is 0 Å². The van der Waals surface area contributed by atoms with Crippen molar-refractivity contribution in [3.63, 3.8) is 0 Å². The van der Waals surface area contributed by atoms with E-state index in [0.717, 1.165) is 18.7 Å². The van der Waals surface area contributed by atoms with Crippen molar-refractivity contribution < 1.29 is 5.11 Å². The summed E-state index contributed by atoms with van der Waals surface area (Å²) < 4.78 is 1.24. The summed E-state index contributed by atoms with van der Waals surface area (Å²) in [6, 6.07) is 8.72. The minimum absolute atomic E-state index is 0.257. The molecule has 2 nitrogen and oxygen atoms in total. The topological polar surface area (TPSA) is 23.5 Å². The molecule has 2 atom stereocenters. The minimum atomic E-state index is -0.257. The summed E-state index contributed by atoms with van der Waals surface area (Å²) in [4.78, 5) is 2.29. The lowest BCUT2D eigenvalue weighted by Gasteiger charge is -2.35. The van der Waals surface area contributed by atoms with Gasteiger partial charge in [-0.3, -0.25) is 4.90 Å². The zero-order chi connectivity index (χ0) is 12.3. The third-order valence-electron chi connectivity index (χ3n) is 3.25. The molecule has 2 rings (SSSR count). The van der Waals surface area contributed by atoms with E-state index in [1.807, 2.05) is 11.8 Å². The molecule has 1 aromatic rings. The Kier molecular flexibility index (Phi) is 5.14. The summed E-state index contributed by atoms with van der Waals surface area (Å²) >= 11 is 4.25. The fraction of sp³-hybridized carbons (Fsp3) is 0.538. The van der Waals surface area contributed by atoms with Gasteiger partial charge in [-0.1, -0.05) is 12.1 Å². The van der Waals surface area contributed by atoms with Gasteiger partial charge in [0.1, 0.15) is 0 Å². The SMILES string of the molecule is CN1CCSCC1C(O)Cc1ccc(I)cc1. The molecule has 1 N–H and O–H groups in total. The lowest BCUT2D eigenvalue weighted by atomic mass is 10.0. The smallest absolute Gasteiger partial charge is 0.0743 e. The first-order valence-electron chi connectivity index (χ1n) is 5.87. The summed E-state index contributed by atoms with van der Waals surface area (Å²) in [6.45, 7) is 1.08. The molecule has 1 aromatic carbocycles. The van der Waals surface area contributed by atoms with Crippen molar-refractivity contribution in [3.8, 4) is 0 Å². The lowest BCUT2D eigenvalue weighted by Crippen LogP contribution is -2.47. The van der Waals surface area contributed by atoms with Gasteiger partial charge in [0.25, 0.3) is 0 Å². The number of aliphatic hydroxyl groups is 1. The average Bonchev–Trinajstić information content (AvgIpc) is 2.32. The Balaban J connectivity index is 1.95. The van der Waals surface area contributed by atoms with Crippen molar-refractivity contribution >= 4 is 34.4 Å². The number of nitrogens with zero attached hydrogens (tertiary/aromatic N) is 1. The molecule has 1 fully saturated rings. The van der Waals surface area contributed by atoms with Gasteiger partial charge in [-0.05, 0) is 53.8 Å². The Morgan fingerprint density at radius 2 is 2.18 bits per heavy atom. The zero-order valence-corrected chi connectivity index (χ0v) is 12.9. The van der Waals surface area contributed by atoms with Crippen LogP contribution in [0.2, 0.25) is 0 Å². The van der Waals surface area contributed by atoms with E-state index in [2.05, 4.69) is 58.8 Å². The molecule has 0 amide bonds. The molecule has 0 aliphatic carbocycles. The molecule has 1 heterocycles. The van der Waals surface area contributed by atoms with Crippen LogP contribution < -0.4 is 0 Å². The highest BCUT2D eigenvalue weighted by molar-refractivity contribution is 14.1. The maximum Gasteiger partial charge on any atom is 0.0743 e. The molecule has 1 aliphatic rings. The maximum atomic E-state index is 10.3. The molecule has 2 unspecified atom stereocenters. The number of benzene rings is 1. The third-order valence-corrected chi connectivity index (χ3v) is 5.01. The number of aliphatic hydroxyl groups excluding tert-OH is 1. The van der Waals surface area contributed by atoms with Crippen molar-refractivity contribution in [3.05, 3.63) is 33.4 Å². The van der Waals surface area contributed by atoms with Crippen LogP contribution in [-0.2, 0) is 6.42 Å². The summed E-state index contributed by atoms with van der Waals surface area (Å²) in [5.41, 5.74) is 1.22. The van der Waals surface area contributed by atoms with E-state index >= 15 is 0 Å². The standard InChI is InChI=1S/C13H18INOS/c1-15-6-7-17-9-12(15)13(16)8-10-2-4-11(14)5-3-10/h2-5,12-13,16H,6-9H2,1H3.